The highest BCUT2D eigenvalue weighted by atomic mass is 35.5. The fourth-order valence-corrected chi connectivity index (χ4v) is 1.77. The molecule has 15 heavy (non-hydrogen) atoms. The Labute approximate surface area is 96.3 Å². The van der Waals surface area contributed by atoms with E-state index in [1.165, 1.54) is 5.56 Å². The average molecular weight is 228 g/mol. The summed E-state index contributed by atoms with van der Waals surface area (Å²) < 4.78 is 0. The maximum atomic E-state index is 8.99. The lowest BCUT2D eigenvalue weighted by Crippen LogP contribution is -2.32. The lowest BCUT2D eigenvalue weighted by molar-refractivity contribution is 0.239. The number of rotatable bonds is 5. The molecule has 0 aliphatic carbocycles. The fraction of sp³-hybridized carbons (Fsp3) is 0.500. The highest BCUT2D eigenvalue weighted by Gasteiger charge is 2.11. The summed E-state index contributed by atoms with van der Waals surface area (Å²) >= 11 is 5.94. The van der Waals surface area contributed by atoms with Gasteiger partial charge in [0.2, 0.25) is 0 Å². The minimum atomic E-state index is 0.105. The third-order valence-corrected chi connectivity index (χ3v) is 2.65. The zero-order valence-electron chi connectivity index (χ0n) is 9.20. The zero-order valence-corrected chi connectivity index (χ0v) is 9.96. The summed E-state index contributed by atoms with van der Waals surface area (Å²) in [5.74, 6) is 0. The molecule has 0 aromatic heterocycles. The number of nitrogens with one attached hydrogen (secondary N) is 1. The van der Waals surface area contributed by atoms with E-state index in [0.29, 0.717) is 0 Å². The SMILES string of the molecule is CC[C@@H](N[C@H](C)CO)c1cccc(Cl)c1. The van der Waals surface area contributed by atoms with E-state index < -0.39 is 0 Å². The number of aliphatic hydroxyl groups is 1. The second-order valence-electron chi connectivity index (χ2n) is 3.77. The van der Waals surface area contributed by atoms with Gasteiger partial charge in [-0.05, 0) is 31.0 Å². The molecule has 0 heterocycles. The van der Waals surface area contributed by atoms with Crippen LogP contribution in [0.25, 0.3) is 0 Å². The first-order chi connectivity index (χ1) is 7.17. The van der Waals surface area contributed by atoms with Crippen molar-refractivity contribution >= 4 is 11.6 Å². The Morgan fingerprint density at radius 3 is 2.73 bits per heavy atom. The Bertz CT molecular complexity index is 303. The molecule has 0 spiro atoms. The van der Waals surface area contributed by atoms with Crippen LogP contribution in [0.1, 0.15) is 31.9 Å². The Balaban J connectivity index is 2.73. The van der Waals surface area contributed by atoms with Crippen LogP contribution in [0.3, 0.4) is 0 Å². The molecule has 1 aromatic rings. The number of hydrogen-bond acceptors (Lipinski definition) is 2. The summed E-state index contributed by atoms with van der Waals surface area (Å²) in [6.45, 7) is 4.23. The fourth-order valence-electron chi connectivity index (χ4n) is 1.57. The number of hydrogen-bond donors (Lipinski definition) is 2. The monoisotopic (exact) mass is 227 g/mol. The molecule has 0 fully saturated rings. The van der Waals surface area contributed by atoms with E-state index >= 15 is 0 Å². The normalized spacial score (nSPS) is 14.9. The molecule has 2 nitrogen and oxygen atoms in total. The predicted molar refractivity (Wildman–Crippen MR) is 64.2 cm³/mol. The molecular weight excluding hydrogens is 210 g/mol. The van der Waals surface area contributed by atoms with Crippen LogP contribution in [0.15, 0.2) is 24.3 Å². The molecule has 2 atom stereocenters. The molecule has 0 aliphatic rings. The Morgan fingerprint density at radius 2 is 2.20 bits per heavy atom. The molecule has 0 unspecified atom stereocenters. The first kappa shape index (κ1) is 12.5. The van der Waals surface area contributed by atoms with Crippen LogP contribution in [0.4, 0.5) is 0 Å². The molecule has 84 valence electrons. The van der Waals surface area contributed by atoms with E-state index in [9.17, 15) is 0 Å². The number of benzene rings is 1. The Morgan fingerprint density at radius 1 is 1.47 bits per heavy atom. The number of aliphatic hydroxyl groups excluding tert-OH is 1. The molecule has 0 aliphatic heterocycles. The topological polar surface area (TPSA) is 32.3 Å². The predicted octanol–water partition coefficient (Wildman–Crippen LogP) is 2.76. The van der Waals surface area contributed by atoms with E-state index in [1.54, 1.807) is 0 Å². The van der Waals surface area contributed by atoms with Crippen LogP contribution in [0.5, 0.6) is 0 Å². The van der Waals surface area contributed by atoms with Crippen LogP contribution in [-0.4, -0.2) is 17.8 Å². The van der Waals surface area contributed by atoms with Gasteiger partial charge in [0.05, 0.1) is 6.61 Å². The summed E-state index contributed by atoms with van der Waals surface area (Å²) in [5, 5.41) is 13.1. The summed E-state index contributed by atoms with van der Waals surface area (Å²) in [6, 6.07) is 8.20. The first-order valence-corrected chi connectivity index (χ1v) is 5.67. The van der Waals surface area contributed by atoms with Crippen LogP contribution < -0.4 is 5.32 Å². The van der Waals surface area contributed by atoms with E-state index in [-0.39, 0.29) is 18.7 Å². The van der Waals surface area contributed by atoms with Crippen molar-refractivity contribution < 1.29 is 5.11 Å². The van der Waals surface area contributed by atoms with Gasteiger partial charge in [0.25, 0.3) is 0 Å². The number of halogens is 1. The van der Waals surface area contributed by atoms with Gasteiger partial charge in [0.15, 0.2) is 0 Å². The third-order valence-electron chi connectivity index (χ3n) is 2.42. The highest BCUT2D eigenvalue weighted by Crippen LogP contribution is 2.20. The van der Waals surface area contributed by atoms with Gasteiger partial charge in [-0.15, -0.1) is 0 Å². The quantitative estimate of drug-likeness (QED) is 0.811. The van der Waals surface area contributed by atoms with E-state index in [1.807, 2.05) is 25.1 Å². The van der Waals surface area contributed by atoms with Crippen LogP contribution in [0, 0.1) is 0 Å². The van der Waals surface area contributed by atoms with E-state index in [4.69, 9.17) is 16.7 Å². The van der Waals surface area contributed by atoms with Gasteiger partial charge < -0.3 is 10.4 Å². The molecule has 1 aromatic carbocycles. The van der Waals surface area contributed by atoms with Gasteiger partial charge in [0, 0.05) is 17.1 Å². The molecule has 0 amide bonds. The van der Waals surface area contributed by atoms with E-state index in [2.05, 4.69) is 18.3 Å². The van der Waals surface area contributed by atoms with Gasteiger partial charge >= 0.3 is 0 Å². The minimum Gasteiger partial charge on any atom is -0.395 e. The van der Waals surface area contributed by atoms with Gasteiger partial charge in [-0.2, -0.15) is 0 Å². The Hall–Kier alpha value is -0.570. The van der Waals surface area contributed by atoms with Crippen molar-refractivity contribution in [2.75, 3.05) is 6.61 Å². The molecule has 2 N–H and O–H groups in total. The van der Waals surface area contributed by atoms with Crippen molar-refractivity contribution in [3.05, 3.63) is 34.9 Å². The molecule has 0 saturated carbocycles. The van der Waals surface area contributed by atoms with Gasteiger partial charge in [0.1, 0.15) is 0 Å². The zero-order chi connectivity index (χ0) is 11.3. The molecule has 3 heteroatoms. The summed E-state index contributed by atoms with van der Waals surface area (Å²) in [6.07, 6.45) is 0.977. The first-order valence-electron chi connectivity index (χ1n) is 5.29. The van der Waals surface area contributed by atoms with E-state index in [0.717, 1.165) is 11.4 Å². The third kappa shape index (κ3) is 3.82. The average Bonchev–Trinajstić information content (AvgIpc) is 2.25. The van der Waals surface area contributed by atoms with Crippen molar-refractivity contribution in [2.24, 2.45) is 0 Å². The maximum Gasteiger partial charge on any atom is 0.0582 e. The summed E-state index contributed by atoms with van der Waals surface area (Å²) in [5.41, 5.74) is 1.17. The smallest absolute Gasteiger partial charge is 0.0582 e. The minimum absolute atomic E-state index is 0.105. The van der Waals surface area contributed by atoms with Gasteiger partial charge in [-0.3, -0.25) is 0 Å². The van der Waals surface area contributed by atoms with Gasteiger partial charge in [-0.1, -0.05) is 30.7 Å². The second-order valence-corrected chi connectivity index (χ2v) is 4.20. The lowest BCUT2D eigenvalue weighted by Gasteiger charge is -2.21. The molecule has 0 radical (unpaired) electrons. The highest BCUT2D eigenvalue weighted by molar-refractivity contribution is 6.30. The molecule has 0 saturated heterocycles. The van der Waals surface area contributed by atoms with Crippen molar-refractivity contribution in [3.63, 3.8) is 0 Å². The lowest BCUT2D eigenvalue weighted by atomic mass is 10.0. The summed E-state index contributed by atoms with van der Waals surface area (Å²) in [4.78, 5) is 0. The standard InChI is InChI=1S/C12H18ClNO/c1-3-12(14-9(2)8-15)10-5-4-6-11(13)7-10/h4-7,9,12,14-15H,3,8H2,1-2H3/t9-,12-/m1/s1. The van der Waals surface area contributed by atoms with Crippen molar-refractivity contribution in [3.8, 4) is 0 Å². The largest absolute Gasteiger partial charge is 0.395 e. The molecule has 1 rings (SSSR count). The van der Waals surface area contributed by atoms with Gasteiger partial charge in [-0.25, -0.2) is 0 Å². The van der Waals surface area contributed by atoms with Crippen molar-refractivity contribution in [1.82, 2.24) is 5.32 Å². The van der Waals surface area contributed by atoms with Crippen molar-refractivity contribution in [2.45, 2.75) is 32.4 Å². The summed E-state index contributed by atoms with van der Waals surface area (Å²) in [7, 11) is 0. The maximum absolute atomic E-state index is 8.99. The Kier molecular flexibility index (Phi) is 5.09. The molecular formula is C12H18ClNO. The van der Waals surface area contributed by atoms with Crippen LogP contribution in [0.2, 0.25) is 5.02 Å². The van der Waals surface area contributed by atoms with Crippen LogP contribution >= 0.6 is 11.6 Å². The molecule has 0 bridgehead atoms. The van der Waals surface area contributed by atoms with Crippen LogP contribution in [-0.2, 0) is 0 Å². The second kappa shape index (κ2) is 6.11. The van der Waals surface area contributed by atoms with Crippen molar-refractivity contribution in [1.29, 1.82) is 0 Å².